The van der Waals surface area contributed by atoms with Crippen LogP contribution in [0.3, 0.4) is 0 Å². The standard InChI is InChI=1S/C11H25N3O2S/c1-3-12-7-4-8-13-17(15,16)14-9-5-11(2)6-10-14/h11-13H,3-10H2,1-2H3. The third-order valence-corrected chi connectivity index (χ3v) is 4.76. The second-order valence-electron chi connectivity index (χ2n) is 4.69. The molecule has 0 aromatic carbocycles. The minimum atomic E-state index is -3.24. The van der Waals surface area contributed by atoms with Crippen molar-refractivity contribution >= 4 is 10.2 Å². The van der Waals surface area contributed by atoms with E-state index < -0.39 is 10.2 Å². The van der Waals surface area contributed by atoms with E-state index in [-0.39, 0.29) is 0 Å². The highest BCUT2D eigenvalue weighted by molar-refractivity contribution is 7.87. The Morgan fingerprint density at radius 3 is 2.47 bits per heavy atom. The van der Waals surface area contributed by atoms with Crippen LogP contribution in [0, 0.1) is 5.92 Å². The molecule has 0 aromatic heterocycles. The zero-order chi connectivity index (χ0) is 12.7. The van der Waals surface area contributed by atoms with Crippen LogP contribution in [0.1, 0.15) is 33.1 Å². The van der Waals surface area contributed by atoms with Gasteiger partial charge in [0.05, 0.1) is 0 Å². The zero-order valence-corrected chi connectivity index (χ0v) is 11.7. The van der Waals surface area contributed by atoms with E-state index in [9.17, 15) is 8.42 Å². The van der Waals surface area contributed by atoms with Crippen molar-refractivity contribution in [3.8, 4) is 0 Å². The summed E-state index contributed by atoms with van der Waals surface area (Å²) in [5, 5.41) is 3.17. The molecule has 5 nitrogen and oxygen atoms in total. The highest BCUT2D eigenvalue weighted by Crippen LogP contribution is 2.17. The molecule has 1 saturated heterocycles. The summed E-state index contributed by atoms with van der Waals surface area (Å²) in [6, 6.07) is 0. The highest BCUT2D eigenvalue weighted by Gasteiger charge is 2.25. The van der Waals surface area contributed by atoms with Crippen molar-refractivity contribution in [2.24, 2.45) is 5.92 Å². The second kappa shape index (κ2) is 7.31. The number of hydrogen-bond acceptors (Lipinski definition) is 3. The summed E-state index contributed by atoms with van der Waals surface area (Å²) in [5.74, 6) is 0.648. The van der Waals surface area contributed by atoms with Crippen molar-refractivity contribution in [2.75, 3.05) is 32.7 Å². The number of hydrogen-bond donors (Lipinski definition) is 2. The second-order valence-corrected chi connectivity index (χ2v) is 6.44. The molecule has 1 fully saturated rings. The molecule has 1 heterocycles. The van der Waals surface area contributed by atoms with Crippen LogP contribution in [-0.4, -0.2) is 45.4 Å². The molecule has 0 radical (unpaired) electrons. The average Bonchev–Trinajstić information content (AvgIpc) is 2.29. The molecule has 0 aliphatic carbocycles. The molecule has 0 saturated carbocycles. The molecule has 0 unspecified atom stereocenters. The topological polar surface area (TPSA) is 61.4 Å². The minimum absolute atomic E-state index is 0.515. The molecule has 0 bridgehead atoms. The fraction of sp³-hybridized carbons (Fsp3) is 1.00. The van der Waals surface area contributed by atoms with Crippen LogP contribution in [0.25, 0.3) is 0 Å². The molecule has 1 aliphatic heterocycles. The van der Waals surface area contributed by atoms with Gasteiger partial charge in [-0.3, -0.25) is 0 Å². The van der Waals surface area contributed by atoms with Gasteiger partial charge in [0.25, 0.3) is 10.2 Å². The maximum Gasteiger partial charge on any atom is 0.279 e. The summed E-state index contributed by atoms with van der Waals surface area (Å²) in [6.45, 7) is 7.83. The van der Waals surface area contributed by atoms with Gasteiger partial charge in [0.1, 0.15) is 0 Å². The molecule has 17 heavy (non-hydrogen) atoms. The Bertz CT molecular complexity index is 298. The molecule has 1 aliphatic rings. The average molecular weight is 263 g/mol. The van der Waals surface area contributed by atoms with E-state index in [0.717, 1.165) is 32.4 Å². The van der Waals surface area contributed by atoms with Gasteiger partial charge in [-0.1, -0.05) is 13.8 Å². The quantitative estimate of drug-likeness (QED) is 0.660. The Morgan fingerprint density at radius 1 is 1.24 bits per heavy atom. The van der Waals surface area contributed by atoms with Crippen LogP contribution in [0.15, 0.2) is 0 Å². The predicted octanol–water partition coefficient (Wildman–Crippen LogP) is 0.552. The lowest BCUT2D eigenvalue weighted by molar-refractivity contribution is 0.285. The molecule has 6 heteroatoms. The molecule has 0 amide bonds. The Morgan fingerprint density at radius 2 is 1.88 bits per heavy atom. The van der Waals surface area contributed by atoms with Gasteiger partial charge in [-0.25, -0.2) is 4.72 Å². The zero-order valence-electron chi connectivity index (χ0n) is 10.9. The van der Waals surface area contributed by atoms with Gasteiger partial charge < -0.3 is 5.32 Å². The fourth-order valence-electron chi connectivity index (χ4n) is 1.91. The van der Waals surface area contributed by atoms with E-state index >= 15 is 0 Å². The van der Waals surface area contributed by atoms with Crippen LogP contribution in [0.5, 0.6) is 0 Å². The van der Waals surface area contributed by atoms with Gasteiger partial charge in [0.2, 0.25) is 0 Å². The van der Waals surface area contributed by atoms with Crippen molar-refractivity contribution in [1.29, 1.82) is 0 Å². The van der Waals surface area contributed by atoms with Gasteiger partial charge in [0, 0.05) is 19.6 Å². The molecule has 2 N–H and O–H groups in total. The first-order valence-corrected chi connectivity index (χ1v) is 7.95. The van der Waals surface area contributed by atoms with Gasteiger partial charge in [0.15, 0.2) is 0 Å². The summed E-state index contributed by atoms with van der Waals surface area (Å²) in [4.78, 5) is 0. The van der Waals surface area contributed by atoms with Crippen molar-refractivity contribution in [1.82, 2.24) is 14.3 Å². The molecule has 0 atom stereocenters. The van der Waals surface area contributed by atoms with Crippen molar-refractivity contribution in [3.05, 3.63) is 0 Å². The Kier molecular flexibility index (Phi) is 6.40. The highest BCUT2D eigenvalue weighted by atomic mass is 32.2. The van der Waals surface area contributed by atoms with E-state index in [4.69, 9.17) is 0 Å². The Hall–Kier alpha value is -0.170. The number of nitrogens with one attached hydrogen (secondary N) is 2. The Labute approximate surface area is 105 Å². The summed E-state index contributed by atoms with van der Waals surface area (Å²) in [6.07, 6.45) is 2.77. The lowest BCUT2D eigenvalue weighted by Crippen LogP contribution is -2.45. The molecule has 1 rings (SSSR count). The number of nitrogens with zero attached hydrogens (tertiary/aromatic N) is 1. The van der Waals surface area contributed by atoms with Crippen LogP contribution in [0.4, 0.5) is 0 Å². The molecule has 0 aromatic rings. The van der Waals surface area contributed by atoms with E-state index in [1.807, 2.05) is 6.92 Å². The van der Waals surface area contributed by atoms with E-state index in [0.29, 0.717) is 25.6 Å². The SMILES string of the molecule is CCNCCCNS(=O)(=O)N1CCC(C)CC1. The Balaban J connectivity index is 2.25. The summed E-state index contributed by atoms with van der Waals surface area (Å²) in [5.41, 5.74) is 0. The lowest BCUT2D eigenvalue weighted by atomic mass is 10.0. The first-order valence-electron chi connectivity index (χ1n) is 6.51. The summed E-state index contributed by atoms with van der Waals surface area (Å²) in [7, 11) is -3.24. The van der Waals surface area contributed by atoms with Crippen LogP contribution in [-0.2, 0) is 10.2 Å². The fourth-order valence-corrected chi connectivity index (χ4v) is 3.18. The lowest BCUT2D eigenvalue weighted by Gasteiger charge is -2.29. The smallest absolute Gasteiger partial charge is 0.279 e. The van der Waals surface area contributed by atoms with Crippen molar-refractivity contribution in [3.63, 3.8) is 0 Å². The minimum Gasteiger partial charge on any atom is -0.317 e. The summed E-state index contributed by atoms with van der Waals surface area (Å²) >= 11 is 0. The van der Waals surface area contributed by atoms with Crippen LogP contribution >= 0.6 is 0 Å². The van der Waals surface area contributed by atoms with Crippen molar-refractivity contribution < 1.29 is 8.42 Å². The number of piperidine rings is 1. The van der Waals surface area contributed by atoms with Gasteiger partial charge in [-0.2, -0.15) is 12.7 Å². The molecular formula is C11H25N3O2S. The van der Waals surface area contributed by atoms with Crippen LogP contribution < -0.4 is 10.0 Å². The first kappa shape index (κ1) is 14.9. The molecule has 102 valence electrons. The molecule has 0 spiro atoms. The monoisotopic (exact) mass is 263 g/mol. The largest absolute Gasteiger partial charge is 0.317 e. The maximum absolute atomic E-state index is 11.9. The van der Waals surface area contributed by atoms with Crippen molar-refractivity contribution in [2.45, 2.75) is 33.1 Å². The third kappa shape index (κ3) is 5.33. The number of rotatable bonds is 7. The normalized spacial score (nSPS) is 19.6. The van der Waals surface area contributed by atoms with Gasteiger partial charge in [-0.05, 0) is 38.3 Å². The van der Waals surface area contributed by atoms with E-state index in [2.05, 4.69) is 17.0 Å². The molecular weight excluding hydrogens is 238 g/mol. The third-order valence-electron chi connectivity index (χ3n) is 3.15. The first-order chi connectivity index (χ1) is 8.06. The predicted molar refractivity (Wildman–Crippen MR) is 70.1 cm³/mol. The van der Waals surface area contributed by atoms with Crippen LogP contribution in [0.2, 0.25) is 0 Å². The van der Waals surface area contributed by atoms with Gasteiger partial charge >= 0.3 is 0 Å². The van der Waals surface area contributed by atoms with E-state index in [1.54, 1.807) is 4.31 Å². The maximum atomic E-state index is 11.9. The summed E-state index contributed by atoms with van der Waals surface area (Å²) < 4.78 is 28.1. The van der Waals surface area contributed by atoms with E-state index in [1.165, 1.54) is 0 Å². The van der Waals surface area contributed by atoms with Gasteiger partial charge in [-0.15, -0.1) is 0 Å².